The molecule has 0 aromatic heterocycles. The quantitative estimate of drug-likeness (QED) is 0.624. The molecule has 4 rings (SSSR count). The van der Waals surface area contributed by atoms with Gasteiger partial charge < -0.3 is 4.74 Å². The van der Waals surface area contributed by atoms with Crippen LogP contribution in [-0.2, 0) is 13.0 Å². The second-order valence-electron chi connectivity index (χ2n) is 6.81. The summed E-state index contributed by atoms with van der Waals surface area (Å²) >= 11 is 0. The van der Waals surface area contributed by atoms with E-state index in [1.807, 2.05) is 30.3 Å². The van der Waals surface area contributed by atoms with E-state index in [1.54, 1.807) is 7.11 Å². The van der Waals surface area contributed by atoms with Crippen LogP contribution < -0.4 is 4.74 Å². The topological polar surface area (TPSA) is 12.5 Å². The third-order valence-corrected chi connectivity index (χ3v) is 5.05. The van der Waals surface area contributed by atoms with E-state index in [9.17, 15) is 0 Å². The third kappa shape index (κ3) is 4.05. The first-order valence-corrected chi connectivity index (χ1v) is 9.35. The maximum atomic E-state index is 5.28. The second-order valence-corrected chi connectivity index (χ2v) is 6.81. The smallest absolute Gasteiger partial charge is 0.118 e. The number of rotatable bonds is 3. The average molecular weight is 353 g/mol. The fourth-order valence-corrected chi connectivity index (χ4v) is 3.60. The van der Waals surface area contributed by atoms with Crippen molar-refractivity contribution in [1.82, 2.24) is 4.90 Å². The van der Waals surface area contributed by atoms with Crippen LogP contribution in [0.1, 0.15) is 28.3 Å². The molecule has 27 heavy (non-hydrogen) atoms. The summed E-state index contributed by atoms with van der Waals surface area (Å²) in [7, 11) is 1.70. The minimum atomic E-state index is 0.109. The number of methoxy groups -OCH3 is 1. The highest BCUT2D eigenvalue weighted by molar-refractivity contribution is 5.42. The van der Waals surface area contributed by atoms with Gasteiger partial charge in [-0.3, -0.25) is 4.90 Å². The maximum absolute atomic E-state index is 5.28. The summed E-state index contributed by atoms with van der Waals surface area (Å²) in [6.45, 7) is 1.89. The Hall–Kier alpha value is -3.02. The van der Waals surface area contributed by atoms with Crippen LogP contribution in [0, 0.1) is 11.8 Å². The molecule has 1 aliphatic rings. The molecule has 3 aromatic carbocycles. The summed E-state index contributed by atoms with van der Waals surface area (Å²) in [6, 6.07) is 27.4. The molecule has 0 saturated carbocycles. The molecular weight excluding hydrogens is 330 g/mol. The molecule has 0 N–H and O–H groups in total. The normalized spacial score (nSPS) is 16.1. The van der Waals surface area contributed by atoms with Gasteiger partial charge in [0.1, 0.15) is 5.75 Å². The maximum Gasteiger partial charge on any atom is 0.118 e. The van der Waals surface area contributed by atoms with E-state index >= 15 is 0 Å². The van der Waals surface area contributed by atoms with Gasteiger partial charge in [0.15, 0.2) is 0 Å². The van der Waals surface area contributed by atoms with Crippen LogP contribution in [-0.4, -0.2) is 18.6 Å². The average Bonchev–Trinajstić information content (AvgIpc) is 2.74. The van der Waals surface area contributed by atoms with E-state index in [0.29, 0.717) is 0 Å². The molecule has 0 amide bonds. The first-order valence-electron chi connectivity index (χ1n) is 9.35. The van der Waals surface area contributed by atoms with E-state index in [0.717, 1.165) is 30.8 Å². The number of nitrogens with zero attached hydrogens (tertiary/aromatic N) is 1. The molecule has 0 spiro atoms. The summed E-state index contributed by atoms with van der Waals surface area (Å²) in [4.78, 5) is 2.47. The molecule has 1 heterocycles. The Morgan fingerprint density at radius 2 is 1.67 bits per heavy atom. The summed E-state index contributed by atoms with van der Waals surface area (Å²) in [5, 5.41) is 0. The zero-order chi connectivity index (χ0) is 18.5. The Morgan fingerprint density at radius 1 is 0.926 bits per heavy atom. The minimum Gasteiger partial charge on any atom is -0.497 e. The van der Waals surface area contributed by atoms with Crippen molar-refractivity contribution < 1.29 is 4.74 Å². The highest BCUT2D eigenvalue weighted by Gasteiger charge is 2.25. The van der Waals surface area contributed by atoms with Gasteiger partial charge in [-0.1, -0.05) is 66.4 Å². The van der Waals surface area contributed by atoms with E-state index in [-0.39, 0.29) is 6.04 Å². The van der Waals surface area contributed by atoms with Crippen LogP contribution in [0.5, 0.6) is 5.75 Å². The Labute approximate surface area is 161 Å². The van der Waals surface area contributed by atoms with Crippen molar-refractivity contribution in [1.29, 1.82) is 0 Å². The number of hydrogen-bond acceptors (Lipinski definition) is 2. The Balaban J connectivity index is 1.64. The Morgan fingerprint density at radius 3 is 2.44 bits per heavy atom. The molecule has 0 unspecified atom stereocenters. The lowest BCUT2D eigenvalue weighted by Crippen LogP contribution is -2.34. The van der Waals surface area contributed by atoms with Crippen molar-refractivity contribution in [2.75, 3.05) is 13.7 Å². The van der Waals surface area contributed by atoms with Gasteiger partial charge in [0.05, 0.1) is 13.2 Å². The van der Waals surface area contributed by atoms with Gasteiger partial charge >= 0.3 is 0 Å². The van der Waals surface area contributed by atoms with Crippen LogP contribution in [0.2, 0.25) is 0 Å². The molecule has 2 nitrogen and oxygen atoms in total. The molecule has 0 aliphatic carbocycles. The van der Waals surface area contributed by atoms with E-state index < -0.39 is 0 Å². The fraction of sp³-hybridized carbons (Fsp3) is 0.200. The van der Waals surface area contributed by atoms with Gasteiger partial charge in [-0.2, -0.15) is 0 Å². The highest BCUT2D eigenvalue weighted by Crippen LogP contribution is 2.30. The number of ether oxygens (including phenoxy) is 1. The van der Waals surface area contributed by atoms with Gasteiger partial charge in [0, 0.05) is 18.7 Å². The molecule has 0 radical (unpaired) electrons. The molecule has 1 aliphatic heterocycles. The van der Waals surface area contributed by atoms with Crippen molar-refractivity contribution >= 4 is 0 Å². The largest absolute Gasteiger partial charge is 0.497 e. The van der Waals surface area contributed by atoms with Gasteiger partial charge in [-0.25, -0.2) is 0 Å². The van der Waals surface area contributed by atoms with E-state index in [4.69, 9.17) is 4.74 Å². The summed E-state index contributed by atoms with van der Waals surface area (Å²) in [6.07, 6.45) is 1.07. The summed E-state index contributed by atoms with van der Waals surface area (Å²) in [5.41, 5.74) is 5.09. The van der Waals surface area contributed by atoms with Crippen molar-refractivity contribution in [3.8, 4) is 17.6 Å². The first-order chi connectivity index (χ1) is 13.3. The van der Waals surface area contributed by atoms with E-state index in [2.05, 4.69) is 65.3 Å². The highest BCUT2D eigenvalue weighted by atomic mass is 16.5. The molecule has 0 saturated heterocycles. The van der Waals surface area contributed by atoms with Gasteiger partial charge in [-0.15, -0.1) is 0 Å². The minimum absolute atomic E-state index is 0.109. The predicted molar refractivity (Wildman–Crippen MR) is 110 cm³/mol. The standard InChI is InChI=1S/C25H23NO/c1-27-23-14-11-21(12-15-23)19-26-18-17-22-9-5-6-10-24(22)25(26)16-13-20-7-3-2-4-8-20/h2-12,14-15,25H,17-19H2,1H3/t25-/m0/s1. The van der Waals surface area contributed by atoms with E-state index in [1.165, 1.54) is 16.7 Å². The predicted octanol–water partition coefficient (Wildman–Crippen LogP) is 4.85. The van der Waals surface area contributed by atoms with Crippen LogP contribution in [0.25, 0.3) is 0 Å². The molecular formula is C25H23NO. The Kier molecular flexibility index (Phi) is 5.23. The van der Waals surface area contributed by atoms with Crippen molar-refractivity contribution in [2.45, 2.75) is 19.0 Å². The van der Waals surface area contributed by atoms with Gasteiger partial charge in [-0.05, 0) is 47.4 Å². The lowest BCUT2D eigenvalue weighted by molar-refractivity contribution is 0.216. The molecule has 0 bridgehead atoms. The number of hydrogen-bond donors (Lipinski definition) is 0. The molecule has 1 atom stereocenters. The molecule has 2 heteroatoms. The monoisotopic (exact) mass is 353 g/mol. The van der Waals surface area contributed by atoms with Crippen molar-refractivity contribution in [2.24, 2.45) is 0 Å². The van der Waals surface area contributed by atoms with Crippen LogP contribution in [0.4, 0.5) is 0 Å². The SMILES string of the molecule is COc1ccc(CN2CCc3ccccc3[C@@H]2C#Cc2ccccc2)cc1. The van der Waals surface area contributed by atoms with Crippen LogP contribution in [0.3, 0.4) is 0 Å². The second kappa shape index (κ2) is 8.12. The van der Waals surface area contributed by atoms with Gasteiger partial charge in [0.25, 0.3) is 0 Å². The van der Waals surface area contributed by atoms with Crippen molar-refractivity contribution in [3.05, 3.63) is 101 Å². The Bertz CT molecular complexity index is 951. The zero-order valence-corrected chi connectivity index (χ0v) is 15.6. The lowest BCUT2D eigenvalue weighted by atomic mass is 9.92. The lowest BCUT2D eigenvalue weighted by Gasteiger charge is -2.34. The molecule has 134 valence electrons. The molecule has 3 aromatic rings. The number of fused-ring (bicyclic) bond motifs is 1. The zero-order valence-electron chi connectivity index (χ0n) is 15.6. The fourth-order valence-electron chi connectivity index (χ4n) is 3.60. The first kappa shape index (κ1) is 17.4. The number of benzene rings is 3. The van der Waals surface area contributed by atoms with Crippen LogP contribution in [0.15, 0.2) is 78.9 Å². The van der Waals surface area contributed by atoms with Crippen molar-refractivity contribution in [3.63, 3.8) is 0 Å². The molecule has 0 fully saturated rings. The third-order valence-electron chi connectivity index (χ3n) is 5.05. The summed E-state index contributed by atoms with van der Waals surface area (Å²) < 4.78 is 5.28. The van der Waals surface area contributed by atoms with Crippen LogP contribution >= 0.6 is 0 Å². The van der Waals surface area contributed by atoms with Gasteiger partial charge in [0.2, 0.25) is 0 Å². The summed E-state index contributed by atoms with van der Waals surface area (Å²) in [5.74, 6) is 7.81.